The first-order valence-electron chi connectivity index (χ1n) is 13.2. The normalized spacial score (nSPS) is 12.4. The van der Waals surface area contributed by atoms with Gasteiger partial charge in [-0.3, -0.25) is 24.1 Å². The molecule has 0 aliphatic heterocycles. The van der Waals surface area contributed by atoms with Crippen LogP contribution in [0.2, 0.25) is 0 Å². The Morgan fingerprint density at radius 2 is 1.68 bits per heavy atom. The van der Waals surface area contributed by atoms with E-state index in [1.54, 1.807) is 0 Å². The Morgan fingerprint density at radius 1 is 1.09 bits per heavy atom. The number of likely N-dealkylation sites (N-methyl/N-ethyl adjacent to an activating group) is 1. The van der Waals surface area contributed by atoms with Crippen LogP contribution in [0.4, 0.5) is 36.4 Å². The smallest absolute Gasteiger partial charge is 0.419 e. The number of carbonyl (C=O) groups is 2. The molecule has 0 unspecified atom stereocenters. The molecule has 18 heteroatoms. The summed E-state index contributed by atoms with van der Waals surface area (Å²) in [6.07, 6.45) is -4.81. The number of hydrogen-bond donors (Lipinski definition) is 3. The maximum absolute atomic E-state index is 15.4. The fourth-order valence-electron chi connectivity index (χ4n) is 4.19. The van der Waals surface area contributed by atoms with Gasteiger partial charge in [0.15, 0.2) is 0 Å². The number of allylic oxidation sites excluding steroid dienone is 2. The second kappa shape index (κ2) is 14.7. The summed E-state index contributed by atoms with van der Waals surface area (Å²) in [7, 11) is 3.41. The predicted molar refractivity (Wildman–Crippen MR) is 157 cm³/mol. The number of methoxy groups -OCH3 is 1. The highest BCUT2D eigenvalue weighted by molar-refractivity contribution is 6.06. The second-order valence-electron chi connectivity index (χ2n) is 9.35. The van der Waals surface area contributed by atoms with E-state index in [4.69, 9.17) is 4.74 Å². The number of nitrogens with one attached hydrogen (secondary N) is 3. The van der Waals surface area contributed by atoms with E-state index in [0.717, 1.165) is 50.6 Å². The van der Waals surface area contributed by atoms with Gasteiger partial charge < -0.3 is 25.4 Å². The Morgan fingerprint density at radius 3 is 2.17 bits per heavy atom. The molecule has 2 amide bonds. The number of halogens is 7. The third kappa shape index (κ3) is 8.19. The first kappa shape index (κ1) is 35.9. The molecule has 252 valence electrons. The largest absolute Gasteiger partial charge is 0.497 e. The molecule has 2 aromatic carbocycles. The van der Waals surface area contributed by atoms with Crippen molar-refractivity contribution in [3.8, 4) is 22.8 Å². The molecule has 0 atom stereocenters. The number of anilines is 1. The molecule has 3 N–H and O–H groups in total. The molecule has 11 nitrogen and oxygen atoms in total. The lowest BCUT2D eigenvalue weighted by molar-refractivity contribution is -0.119. The summed E-state index contributed by atoms with van der Waals surface area (Å²) < 4.78 is 109. The van der Waals surface area contributed by atoms with Crippen molar-refractivity contribution in [2.24, 2.45) is 12.0 Å². The lowest BCUT2D eigenvalue weighted by atomic mass is 10.1. The van der Waals surface area contributed by atoms with Gasteiger partial charge in [0.25, 0.3) is 11.5 Å². The number of nitrogens with zero attached hydrogens (tertiary/aromatic N) is 3. The molecular formula is C29H27F7N6O5. The van der Waals surface area contributed by atoms with Crippen molar-refractivity contribution < 1.29 is 49.8 Å². The minimum atomic E-state index is -5.17. The number of benzene rings is 2. The van der Waals surface area contributed by atoms with Crippen LogP contribution in [0.1, 0.15) is 17.3 Å². The number of carbonyl (C=O) groups excluding carboxylic acids is 2. The maximum atomic E-state index is 15.4. The predicted octanol–water partition coefficient (Wildman–Crippen LogP) is 4.67. The van der Waals surface area contributed by atoms with Crippen molar-refractivity contribution in [3.05, 3.63) is 82.2 Å². The Kier molecular flexibility index (Phi) is 11.2. The summed E-state index contributed by atoms with van der Waals surface area (Å²) >= 11 is 0. The molecular weight excluding hydrogens is 645 g/mol. The molecule has 47 heavy (non-hydrogen) atoms. The van der Waals surface area contributed by atoms with E-state index in [1.165, 1.54) is 14.0 Å². The van der Waals surface area contributed by atoms with Gasteiger partial charge in [-0.15, -0.1) is 0 Å². The topological polar surface area (TPSA) is 128 Å². The fourth-order valence-corrected chi connectivity index (χ4v) is 4.19. The zero-order chi connectivity index (χ0) is 35.2. The van der Waals surface area contributed by atoms with Gasteiger partial charge in [0.05, 0.1) is 24.1 Å². The van der Waals surface area contributed by atoms with Crippen LogP contribution in [-0.4, -0.2) is 60.5 Å². The van der Waals surface area contributed by atoms with Crippen LogP contribution >= 0.6 is 0 Å². The number of hydrogen-bond acceptors (Lipinski definition) is 6. The molecule has 0 aliphatic rings. The Hall–Kier alpha value is -5.55. The maximum Gasteiger partial charge on any atom is 0.419 e. The van der Waals surface area contributed by atoms with Crippen molar-refractivity contribution in [3.63, 3.8) is 0 Å². The fraction of sp³-hybridized carbons (Fsp3) is 0.241. The highest BCUT2D eigenvalue weighted by Crippen LogP contribution is 2.36. The highest BCUT2D eigenvalue weighted by Gasteiger charge is 2.38. The van der Waals surface area contributed by atoms with Crippen molar-refractivity contribution >= 4 is 29.2 Å². The van der Waals surface area contributed by atoms with E-state index in [-0.39, 0.29) is 22.9 Å². The monoisotopic (exact) mass is 672 g/mol. The van der Waals surface area contributed by atoms with Crippen LogP contribution in [0.3, 0.4) is 0 Å². The number of rotatable bonds is 11. The molecule has 0 radical (unpaired) electrons. The molecule has 0 aliphatic carbocycles. The minimum Gasteiger partial charge on any atom is -0.497 e. The molecule has 0 fully saturated rings. The first-order chi connectivity index (χ1) is 22.0. The molecule has 0 saturated carbocycles. The summed E-state index contributed by atoms with van der Waals surface area (Å²) in [6.45, 7) is 0.666. The quantitative estimate of drug-likeness (QED) is 0.118. The third-order valence-corrected chi connectivity index (χ3v) is 6.35. The second-order valence-corrected chi connectivity index (χ2v) is 9.35. The van der Waals surface area contributed by atoms with Gasteiger partial charge in [-0.25, -0.2) is 8.78 Å². The van der Waals surface area contributed by atoms with Gasteiger partial charge in [-0.05, 0) is 31.2 Å². The van der Waals surface area contributed by atoms with Crippen LogP contribution in [0, 0.1) is 11.6 Å². The molecule has 1 aromatic heterocycles. The summed E-state index contributed by atoms with van der Waals surface area (Å²) in [5.74, 6) is -6.29. The Labute approximate surface area is 262 Å². The van der Waals surface area contributed by atoms with Crippen LogP contribution in [0.5, 0.6) is 11.5 Å². The lowest BCUT2D eigenvalue weighted by Gasteiger charge is -2.20. The molecule has 0 bridgehead atoms. The van der Waals surface area contributed by atoms with E-state index < -0.39 is 76.7 Å². The summed E-state index contributed by atoms with van der Waals surface area (Å²) in [5, 5.41) is 6.74. The van der Waals surface area contributed by atoms with E-state index in [0.29, 0.717) is 15.4 Å². The highest BCUT2D eigenvalue weighted by atomic mass is 19.4. The SMILES string of the molecule is C=C/C(=C(\NC(C)=NCC(=O)NC)n1c(=O)c(NC(=O)c2ccc(OC(F)F)cc2)c(-c2c(F)cc(OC)cc2F)n1C)C(F)(F)F. The molecule has 0 spiro atoms. The third-order valence-electron chi connectivity index (χ3n) is 6.35. The molecule has 0 saturated heterocycles. The van der Waals surface area contributed by atoms with E-state index in [1.807, 2.05) is 0 Å². The van der Waals surface area contributed by atoms with Crippen molar-refractivity contribution in [1.29, 1.82) is 0 Å². The molecule has 1 heterocycles. The lowest BCUT2D eigenvalue weighted by Crippen LogP contribution is -2.35. The molecule has 3 rings (SSSR count). The standard InChI is InChI=1S/C29H27F7N6O5/c1-6-18(29(34,35)36)25(39-14(2)38-13-21(43)37-3)42-27(45)23(40-26(44)15-7-9-16(10-8-15)47-28(32)33)24(41(42)4)22-19(30)11-17(46-5)12-20(22)31/h6-12,28H,1,13H2,2-5H3,(H,37,43)(H,38,39)(H,40,44)/b25-18-. The van der Waals surface area contributed by atoms with E-state index in [9.17, 15) is 36.3 Å². The number of amides is 2. The Bertz CT molecular complexity index is 1770. The summed E-state index contributed by atoms with van der Waals surface area (Å²) in [6, 6.07) is 5.54. The van der Waals surface area contributed by atoms with Crippen molar-refractivity contribution in [1.82, 2.24) is 20.0 Å². The molecule has 3 aromatic rings. The average molecular weight is 673 g/mol. The number of alkyl halides is 5. The van der Waals surface area contributed by atoms with Crippen LogP contribution < -0.4 is 31.0 Å². The van der Waals surface area contributed by atoms with Gasteiger partial charge >= 0.3 is 12.8 Å². The Balaban J connectivity index is 2.35. The van der Waals surface area contributed by atoms with Crippen molar-refractivity contribution in [2.75, 3.05) is 26.0 Å². The average Bonchev–Trinajstić information content (AvgIpc) is 3.22. The number of ether oxygens (including phenoxy) is 2. The van der Waals surface area contributed by atoms with Gasteiger partial charge in [0, 0.05) is 31.8 Å². The van der Waals surface area contributed by atoms with Crippen LogP contribution in [-0.2, 0) is 11.8 Å². The van der Waals surface area contributed by atoms with Gasteiger partial charge in [0.2, 0.25) is 5.91 Å². The van der Waals surface area contributed by atoms with E-state index in [2.05, 4.69) is 32.3 Å². The van der Waals surface area contributed by atoms with Gasteiger partial charge in [-0.2, -0.15) is 26.6 Å². The van der Waals surface area contributed by atoms with Crippen LogP contribution in [0.25, 0.3) is 17.1 Å². The van der Waals surface area contributed by atoms with Crippen LogP contribution in [0.15, 0.2) is 64.4 Å². The van der Waals surface area contributed by atoms with E-state index >= 15 is 8.78 Å². The zero-order valence-corrected chi connectivity index (χ0v) is 25.1. The number of amidine groups is 1. The summed E-state index contributed by atoms with van der Waals surface area (Å²) in [5.41, 5.74) is -5.73. The first-order valence-corrected chi connectivity index (χ1v) is 13.2. The number of aliphatic imine (C=N–C) groups is 1. The summed E-state index contributed by atoms with van der Waals surface area (Å²) in [4.78, 5) is 42.6. The van der Waals surface area contributed by atoms with Gasteiger partial charge in [-0.1, -0.05) is 12.7 Å². The van der Waals surface area contributed by atoms with Gasteiger partial charge in [0.1, 0.15) is 46.9 Å². The van der Waals surface area contributed by atoms with Crippen molar-refractivity contribution in [2.45, 2.75) is 19.7 Å². The minimum absolute atomic E-state index is 0.254. The zero-order valence-electron chi connectivity index (χ0n) is 25.1. The number of aromatic nitrogens is 2.